The van der Waals surface area contributed by atoms with Crippen LogP contribution < -0.4 is 5.32 Å². The second-order valence-corrected chi connectivity index (χ2v) is 4.36. The van der Waals surface area contributed by atoms with Gasteiger partial charge in [-0.05, 0) is 18.3 Å². The molecule has 0 aromatic carbocycles. The largest absolute Gasteiger partial charge is 0.476 e. The van der Waals surface area contributed by atoms with Crippen molar-refractivity contribution < 1.29 is 14.3 Å². The van der Waals surface area contributed by atoms with E-state index < -0.39 is 5.97 Å². The molecule has 5 nitrogen and oxygen atoms in total. The number of aromatic nitrogens is 1. The minimum Gasteiger partial charge on any atom is -0.476 e. The number of nitrogens with zero attached hydrogens (tertiary/aromatic N) is 1. The van der Waals surface area contributed by atoms with E-state index in [4.69, 9.17) is 9.52 Å². The number of anilines is 1. The van der Waals surface area contributed by atoms with E-state index in [1.807, 2.05) is 0 Å². The number of hydrogen-bond donors (Lipinski definition) is 2. The fourth-order valence-corrected chi connectivity index (χ4v) is 1.70. The first-order valence-corrected chi connectivity index (χ1v) is 5.02. The molecule has 1 aromatic heterocycles. The highest BCUT2D eigenvalue weighted by atomic mass is 16.4. The third-order valence-corrected chi connectivity index (χ3v) is 2.95. The van der Waals surface area contributed by atoms with Crippen molar-refractivity contribution in [2.45, 2.75) is 26.2 Å². The fraction of sp³-hybridized carbons (Fsp3) is 0.600. The van der Waals surface area contributed by atoms with Gasteiger partial charge >= 0.3 is 5.97 Å². The summed E-state index contributed by atoms with van der Waals surface area (Å²) in [6, 6.07) is 0.292. The maximum absolute atomic E-state index is 10.5. The van der Waals surface area contributed by atoms with Crippen LogP contribution in [0.3, 0.4) is 0 Å². The van der Waals surface area contributed by atoms with Crippen LogP contribution in [0.15, 0.2) is 10.7 Å². The van der Waals surface area contributed by atoms with Gasteiger partial charge in [0.1, 0.15) is 6.26 Å². The number of hydrogen-bond acceptors (Lipinski definition) is 4. The lowest BCUT2D eigenvalue weighted by Crippen LogP contribution is -2.33. The van der Waals surface area contributed by atoms with Crippen molar-refractivity contribution in [2.75, 3.05) is 11.9 Å². The Kier molecular flexibility index (Phi) is 2.38. The maximum atomic E-state index is 10.5. The number of carbonyl (C=O) groups is 1. The molecule has 0 atom stereocenters. The first-order chi connectivity index (χ1) is 7.09. The van der Waals surface area contributed by atoms with Crippen molar-refractivity contribution >= 4 is 12.0 Å². The quantitative estimate of drug-likeness (QED) is 0.794. The summed E-state index contributed by atoms with van der Waals surface area (Å²) in [4.78, 5) is 14.3. The normalized spacial score (nSPS) is 18.2. The summed E-state index contributed by atoms with van der Waals surface area (Å²) in [5, 5.41) is 11.7. The van der Waals surface area contributed by atoms with Crippen LogP contribution in [0.2, 0.25) is 0 Å². The highest BCUT2D eigenvalue weighted by molar-refractivity contribution is 5.85. The van der Waals surface area contributed by atoms with E-state index in [2.05, 4.69) is 17.2 Å². The molecule has 0 unspecified atom stereocenters. The van der Waals surface area contributed by atoms with E-state index in [0.29, 0.717) is 11.4 Å². The summed E-state index contributed by atoms with van der Waals surface area (Å²) in [6.45, 7) is 2.98. The molecule has 1 aromatic rings. The standard InChI is InChI=1S/C10H14N2O3/c1-10(3-2-4-10)6-11-9-12-7(5-15-9)8(13)14/h5H,2-4,6H2,1H3,(H,11,12)(H,13,14). The number of aromatic carboxylic acids is 1. The molecule has 82 valence electrons. The average molecular weight is 210 g/mol. The van der Waals surface area contributed by atoms with Gasteiger partial charge in [0.05, 0.1) is 0 Å². The van der Waals surface area contributed by atoms with Crippen molar-refractivity contribution in [3.8, 4) is 0 Å². The van der Waals surface area contributed by atoms with E-state index >= 15 is 0 Å². The summed E-state index contributed by atoms with van der Waals surface area (Å²) in [5.74, 6) is -1.07. The molecular weight excluding hydrogens is 196 g/mol. The minimum atomic E-state index is -1.07. The molecule has 5 heteroatoms. The Morgan fingerprint density at radius 3 is 2.93 bits per heavy atom. The van der Waals surface area contributed by atoms with Crippen LogP contribution in [0.1, 0.15) is 36.7 Å². The monoisotopic (exact) mass is 210 g/mol. The van der Waals surface area contributed by atoms with Crippen molar-refractivity contribution in [2.24, 2.45) is 5.41 Å². The Balaban J connectivity index is 1.90. The average Bonchev–Trinajstić information content (AvgIpc) is 2.60. The highest BCUT2D eigenvalue weighted by Gasteiger charge is 2.31. The Labute approximate surface area is 87.5 Å². The lowest BCUT2D eigenvalue weighted by molar-refractivity contribution is 0.0690. The zero-order valence-electron chi connectivity index (χ0n) is 8.62. The van der Waals surface area contributed by atoms with Gasteiger partial charge in [-0.3, -0.25) is 0 Å². The van der Waals surface area contributed by atoms with Crippen LogP contribution in [0.5, 0.6) is 0 Å². The number of nitrogens with one attached hydrogen (secondary N) is 1. The van der Waals surface area contributed by atoms with Gasteiger partial charge in [0.15, 0.2) is 5.69 Å². The number of carboxylic acids is 1. The van der Waals surface area contributed by atoms with E-state index in [9.17, 15) is 4.79 Å². The summed E-state index contributed by atoms with van der Waals surface area (Å²) in [5.41, 5.74) is 0.258. The van der Waals surface area contributed by atoms with Crippen molar-refractivity contribution in [1.82, 2.24) is 4.98 Å². The van der Waals surface area contributed by atoms with Gasteiger partial charge < -0.3 is 14.8 Å². The van der Waals surface area contributed by atoms with E-state index in [0.717, 1.165) is 12.8 Å². The first kappa shape index (κ1) is 10.0. The molecule has 1 aliphatic rings. The third kappa shape index (κ3) is 2.11. The second-order valence-electron chi connectivity index (χ2n) is 4.36. The SMILES string of the molecule is CC1(CNc2nc(C(=O)O)co2)CCC1. The predicted octanol–water partition coefficient (Wildman–Crippen LogP) is 1.97. The van der Waals surface area contributed by atoms with Gasteiger partial charge in [-0.25, -0.2) is 4.79 Å². The zero-order valence-corrected chi connectivity index (χ0v) is 8.62. The van der Waals surface area contributed by atoms with Crippen LogP contribution in [-0.4, -0.2) is 22.6 Å². The number of carboxylic acid groups (broad SMARTS) is 1. The molecule has 0 bridgehead atoms. The van der Waals surface area contributed by atoms with Crippen molar-refractivity contribution in [3.05, 3.63) is 12.0 Å². The Morgan fingerprint density at radius 2 is 2.47 bits per heavy atom. The lowest BCUT2D eigenvalue weighted by Gasteiger charge is -2.38. The zero-order chi connectivity index (χ0) is 10.9. The van der Waals surface area contributed by atoms with Crippen LogP contribution in [0.4, 0.5) is 6.01 Å². The van der Waals surface area contributed by atoms with E-state index in [-0.39, 0.29) is 5.69 Å². The molecule has 2 rings (SSSR count). The topological polar surface area (TPSA) is 75.4 Å². The highest BCUT2D eigenvalue weighted by Crippen LogP contribution is 2.40. The molecule has 0 radical (unpaired) electrons. The van der Waals surface area contributed by atoms with Gasteiger partial charge in [0, 0.05) is 6.54 Å². The summed E-state index contributed by atoms with van der Waals surface area (Å²) in [7, 11) is 0. The molecule has 0 amide bonds. The first-order valence-electron chi connectivity index (χ1n) is 5.02. The minimum absolute atomic E-state index is 0.0590. The molecule has 0 saturated heterocycles. The molecule has 1 saturated carbocycles. The Morgan fingerprint density at radius 1 is 1.73 bits per heavy atom. The number of rotatable bonds is 4. The fourth-order valence-electron chi connectivity index (χ4n) is 1.70. The van der Waals surface area contributed by atoms with Gasteiger partial charge in [-0.1, -0.05) is 13.3 Å². The van der Waals surface area contributed by atoms with Crippen LogP contribution in [-0.2, 0) is 0 Å². The van der Waals surface area contributed by atoms with E-state index in [1.165, 1.54) is 19.3 Å². The summed E-state index contributed by atoms with van der Waals surface area (Å²) < 4.78 is 4.99. The summed E-state index contributed by atoms with van der Waals surface area (Å²) in [6.07, 6.45) is 4.82. The molecule has 2 N–H and O–H groups in total. The van der Waals surface area contributed by atoms with Crippen LogP contribution in [0, 0.1) is 5.41 Å². The Bertz CT molecular complexity index is 368. The smallest absolute Gasteiger partial charge is 0.357 e. The van der Waals surface area contributed by atoms with Gasteiger partial charge in [-0.2, -0.15) is 4.98 Å². The van der Waals surface area contributed by atoms with Gasteiger partial charge in [0.25, 0.3) is 6.01 Å². The molecule has 0 spiro atoms. The maximum Gasteiger partial charge on any atom is 0.357 e. The third-order valence-electron chi connectivity index (χ3n) is 2.95. The van der Waals surface area contributed by atoms with Crippen molar-refractivity contribution in [3.63, 3.8) is 0 Å². The molecule has 15 heavy (non-hydrogen) atoms. The van der Waals surface area contributed by atoms with Crippen LogP contribution >= 0.6 is 0 Å². The molecule has 1 fully saturated rings. The van der Waals surface area contributed by atoms with Gasteiger partial charge in [-0.15, -0.1) is 0 Å². The van der Waals surface area contributed by atoms with Crippen molar-refractivity contribution in [1.29, 1.82) is 0 Å². The molecule has 1 aliphatic carbocycles. The lowest BCUT2D eigenvalue weighted by atomic mass is 9.70. The summed E-state index contributed by atoms with van der Waals surface area (Å²) >= 11 is 0. The molecule has 0 aliphatic heterocycles. The predicted molar refractivity (Wildman–Crippen MR) is 53.9 cm³/mol. The van der Waals surface area contributed by atoms with Gasteiger partial charge in [0.2, 0.25) is 0 Å². The Hall–Kier alpha value is -1.52. The van der Waals surface area contributed by atoms with Crippen LogP contribution in [0.25, 0.3) is 0 Å². The van der Waals surface area contributed by atoms with E-state index in [1.54, 1.807) is 0 Å². The molecule has 1 heterocycles. The number of oxazole rings is 1. The second kappa shape index (κ2) is 3.56. The molecular formula is C10H14N2O3.